The molecular formula is C15H24N4S. The number of nitrogens with zero attached hydrogens (tertiary/aromatic N) is 3. The van der Waals surface area contributed by atoms with Crippen LogP contribution in [0.2, 0.25) is 0 Å². The molecule has 0 saturated heterocycles. The lowest BCUT2D eigenvalue weighted by Crippen LogP contribution is -2.31. The Kier molecular flexibility index (Phi) is 5.17. The quantitative estimate of drug-likeness (QED) is 0.832. The first-order valence-corrected chi connectivity index (χ1v) is 8.31. The van der Waals surface area contributed by atoms with Gasteiger partial charge in [-0.15, -0.1) is 11.3 Å². The monoisotopic (exact) mass is 292 g/mol. The van der Waals surface area contributed by atoms with Crippen LogP contribution in [0.25, 0.3) is 10.2 Å². The molecule has 2 aromatic rings. The van der Waals surface area contributed by atoms with Gasteiger partial charge in [0.05, 0.1) is 5.39 Å². The van der Waals surface area contributed by atoms with Gasteiger partial charge in [0.15, 0.2) is 0 Å². The maximum Gasteiger partial charge on any atom is 0.226 e. The van der Waals surface area contributed by atoms with Crippen LogP contribution in [-0.4, -0.2) is 29.6 Å². The zero-order valence-electron chi connectivity index (χ0n) is 12.8. The Morgan fingerprint density at radius 2 is 2.00 bits per heavy atom. The fourth-order valence-electron chi connectivity index (χ4n) is 2.43. The molecule has 5 heteroatoms. The summed E-state index contributed by atoms with van der Waals surface area (Å²) in [6.07, 6.45) is 3.32. The van der Waals surface area contributed by atoms with Crippen LogP contribution in [0.1, 0.15) is 40.0 Å². The minimum atomic E-state index is 0.520. The van der Waals surface area contributed by atoms with Crippen molar-refractivity contribution in [3.63, 3.8) is 0 Å². The highest BCUT2D eigenvalue weighted by molar-refractivity contribution is 7.16. The Balaban J connectivity index is 2.41. The first kappa shape index (κ1) is 15.0. The lowest BCUT2D eigenvalue weighted by Gasteiger charge is -2.28. The summed E-state index contributed by atoms with van der Waals surface area (Å²) < 4.78 is 0. The highest BCUT2D eigenvalue weighted by atomic mass is 32.1. The second-order valence-electron chi connectivity index (χ2n) is 5.02. The molecule has 0 aliphatic carbocycles. The van der Waals surface area contributed by atoms with Gasteiger partial charge in [-0.25, -0.2) is 4.98 Å². The van der Waals surface area contributed by atoms with Crippen LogP contribution in [-0.2, 0) is 0 Å². The molecule has 4 nitrogen and oxygen atoms in total. The normalized spacial score (nSPS) is 11.2. The maximum absolute atomic E-state index is 4.74. The van der Waals surface area contributed by atoms with E-state index in [0.717, 1.165) is 47.8 Å². The van der Waals surface area contributed by atoms with Gasteiger partial charge in [0, 0.05) is 19.6 Å². The van der Waals surface area contributed by atoms with E-state index in [-0.39, 0.29) is 0 Å². The number of hydrogen-bond donors (Lipinski definition) is 1. The van der Waals surface area contributed by atoms with Gasteiger partial charge in [0.2, 0.25) is 5.95 Å². The van der Waals surface area contributed by atoms with Crippen LogP contribution in [0.15, 0.2) is 11.4 Å². The van der Waals surface area contributed by atoms with Crippen molar-refractivity contribution in [2.75, 3.05) is 23.8 Å². The lowest BCUT2D eigenvalue weighted by atomic mass is 10.1. The van der Waals surface area contributed by atoms with Gasteiger partial charge in [-0.1, -0.05) is 20.8 Å². The number of anilines is 2. The van der Waals surface area contributed by atoms with Crippen molar-refractivity contribution >= 4 is 33.3 Å². The zero-order chi connectivity index (χ0) is 14.5. The molecule has 2 heterocycles. The molecule has 2 aromatic heterocycles. The van der Waals surface area contributed by atoms with Crippen LogP contribution in [0.3, 0.4) is 0 Å². The largest absolute Gasteiger partial charge is 0.356 e. The second-order valence-corrected chi connectivity index (χ2v) is 5.91. The first-order valence-electron chi connectivity index (χ1n) is 7.43. The van der Waals surface area contributed by atoms with Crippen LogP contribution in [0, 0.1) is 0 Å². The molecule has 0 spiro atoms. The van der Waals surface area contributed by atoms with Crippen LogP contribution in [0.5, 0.6) is 0 Å². The predicted molar refractivity (Wildman–Crippen MR) is 89.0 cm³/mol. The van der Waals surface area contributed by atoms with Crippen molar-refractivity contribution in [2.24, 2.45) is 0 Å². The van der Waals surface area contributed by atoms with Gasteiger partial charge >= 0.3 is 0 Å². The molecule has 0 aromatic carbocycles. The molecule has 20 heavy (non-hydrogen) atoms. The molecule has 110 valence electrons. The summed E-state index contributed by atoms with van der Waals surface area (Å²) in [5.41, 5.74) is 0. The van der Waals surface area contributed by atoms with E-state index >= 15 is 0 Å². The standard InChI is InChI=1S/C15H24N4S/c1-5-9-16-15-17-13(19(4)11(6-2)7-3)12-8-10-20-14(12)18-15/h8,10-11H,5-7,9H2,1-4H3,(H,16,17,18). The molecule has 0 unspecified atom stereocenters. The van der Waals surface area contributed by atoms with Gasteiger partial charge < -0.3 is 10.2 Å². The highest BCUT2D eigenvalue weighted by Gasteiger charge is 2.17. The van der Waals surface area contributed by atoms with Gasteiger partial charge in [0.25, 0.3) is 0 Å². The zero-order valence-corrected chi connectivity index (χ0v) is 13.6. The molecule has 0 aliphatic rings. The summed E-state index contributed by atoms with van der Waals surface area (Å²) in [7, 11) is 2.14. The SMILES string of the molecule is CCCNc1nc(N(C)C(CC)CC)c2ccsc2n1. The van der Waals surface area contributed by atoms with Crippen LogP contribution < -0.4 is 10.2 Å². The second kappa shape index (κ2) is 6.88. The Labute approximate surface area is 125 Å². The number of hydrogen-bond acceptors (Lipinski definition) is 5. The average molecular weight is 292 g/mol. The molecule has 0 aliphatic heterocycles. The van der Waals surface area contributed by atoms with Gasteiger partial charge in [-0.2, -0.15) is 4.98 Å². The van der Waals surface area contributed by atoms with E-state index in [0.29, 0.717) is 6.04 Å². The topological polar surface area (TPSA) is 41.1 Å². The smallest absolute Gasteiger partial charge is 0.226 e. The number of rotatable bonds is 7. The van der Waals surface area contributed by atoms with E-state index in [1.165, 1.54) is 0 Å². The summed E-state index contributed by atoms with van der Waals surface area (Å²) >= 11 is 1.68. The summed E-state index contributed by atoms with van der Waals surface area (Å²) in [6, 6.07) is 2.64. The first-order chi connectivity index (χ1) is 9.71. The third-order valence-corrected chi connectivity index (χ3v) is 4.47. The summed E-state index contributed by atoms with van der Waals surface area (Å²) in [6.45, 7) is 7.51. The number of nitrogens with one attached hydrogen (secondary N) is 1. The van der Waals surface area contributed by atoms with E-state index in [9.17, 15) is 0 Å². The van der Waals surface area contributed by atoms with E-state index < -0.39 is 0 Å². The minimum absolute atomic E-state index is 0.520. The molecule has 1 N–H and O–H groups in total. The van der Waals surface area contributed by atoms with E-state index in [1.54, 1.807) is 11.3 Å². The van der Waals surface area contributed by atoms with E-state index in [2.05, 4.69) is 54.5 Å². The summed E-state index contributed by atoms with van der Waals surface area (Å²) in [4.78, 5) is 12.7. The molecule has 0 radical (unpaired) electrons. The van der Waals surface area contributed by atoms with Gasteiger partial charge in [-0.3, -0.25) is 0 Å². The Hall–Kier alpha value is -1.36. The van der Waals surface area contributed by atoms with Crippen LogP contribution in [0.4, 0.5) is 11.8 Å². The lowest BCUT2D eigenvalue weighted by molar-refractivity contribution is 0.588. The minimum Gasteiger partial charge on any atom is -0.356 e. The third kappa shape index (κ3) is 3.03. The van der Waals surface area contributed by atoms with Gasteiger partial charge in [0.1, 0.15) is 10.6 Å². The summed E-state index contributed by atoms with van der Waals surface area (Å²) in [5.74, 6) is 1.79. The van der Waals surface area contributed by atoms with Crippen molar-refractivity contribution in [3.05, 3.63) is 11.4 Å². The predicted octanol–water partition coefficient (Wildman–Crippen LogP) is 4.14. The molecule has 0 atom stereocenters. The van der Waals surface area contributed by atoms with Crippen molar-refractivity contribution in [2.45, 2.75) is 46.1 Å². The Morgan fingerprint density at radius 3 is 2.65 bits per heavy atom. The maximum atomic E-state index is 4.74. The van der Waals surface area contributed by atoms with E-state index in [1.807, 2.05) is 0 Å². The average Bonchev–Trinajstić information content (AvgIpc) is 2.93. The van der Waals surface area contributed by atoms with Gasteiger partial charge in [-0.05, 0) is 30.7 Å². The van der Waals surface area contributed by atoms with Crippen molar-refractivity contribution < 1.29 is 0 Å². The van der Waals surface area contributed by atoms with Crippen molar-refractivity contribution in [1.82, 2.24) is 9.97 Å². The third-order valence-electron chi connectivity index (χ3n) is 3.66. The summed E-state index contributed by atoms with van der Waals surface area (Å²) in [5, 5.41) is 6.55. The molecular weight excluding hydrogens is 268 g/mol. The molecule has 0 saturated carbocycles. The highest BCUT2D eigenvalue weighted by Crippen LogP contribution is 2.30. The Bertz CT molecular complexity index is 548. The molecule has 0 fully saturated rings. The number of thiophene rings is 1. The fraction of sp³-hybridized carbons (Fsp3) is 0.600. The number of aromatic nitrogens is 2. The Morgan fingerprint density at radius 1 is 1.25 bits per heavy atom. The van der Waals surface area contributed by atoms with Crippen molar-refractivity contribution in [3.8, 4) is 0 Å². The van der Waals surface area contributed by atoms with E-state index in [4.69, 9.17) is 4.98 Å². The molecule has 2 rings (SSSR count). The van der Waals surface area contributed by atoms with Crippen LogP contribution >= 0.6 is 11.3 Å². The molecule has 0 amide bonds. The van der Waals surface area contributed by atoms with Crippen molar-refractivity contribution in [1.29, 1.82) is 0 Å². The fourth-order valence-corrected chi connectivity index (χ4v) is 3.19. The molecule has 0 bridgehead atoms. The number of fused-ring (bicyclic) bond motifs is 1.